The predicted molar refractivity (Wildman–Crippen MR) is 154 cm³/mol. The van der Waals surface area contributed by atoms with Gasteiger partial charge in [-0.3, -0.25) is 0 Å². The highest BCUT2D eigenvalue weighted by Crippen LogP contribution is 2.67. The Morgan fingerprint density at radius 3 is 2.28 bits per heavy atom. The third-order valence-corrected chi connectivity index (χ3v) is 17.2. The smallest absolute Gasteiger partial charge is 0.192 e. The molecule has 0 radical (unpaired) electrons. The van der Waals surface area contributed by atoms with E-state index in [1.54, 1.807) is 0 Å². The molecular formula is C33H54O2Si. The maximum absolute atomic E-state index is 11.7. The molecule has 3 heteroatoms. The zero-order chi connectivity index (χ0) is 26.0. The molecule has 0 aromatic heterocycles. The minimum absolute atomic E-state index is 0.281. The summed E-state index contributed by atoms with van der Waals surface area (Å²) in [6.07, 6.45) is 13.7. The number of aryl methyl sites for hydroxylation is 1. The summed E-state index contributed by atoms with van der Waals surface area (Å²) in [5.41, 5.74) is 1.68. The van der Waals surface area contributed by atoms with E-state index in [-0.39, 0.29) is 5.04 Å². The van der Waals surface area contributed by atoms with E-state index in [4.69, 9.17) is 4.43 Å². The van der Waals surface area contributed by atoms with Crippen LogP contribution in [0.4, 0.5) is 0 Å². The second-order valence-electron chi connectivity index (χ2n) is 15.6. The van der Waals surface area contributed by atoms with Gasteiger partial charge >= 0.3 is 0 Å². The summed E-state index contributed by atoms with van der Waals surface area (Å²) in [6, 6.07) is 10.8. The molecule has 0 amide bonds. The lowest BCUT2D eigenvalue weighted by Crippen LogP contribution is -2.57. The van der Waals surface area contributed by atoms with Crippen molar-refractivity contribution in [1.29, 1.82) is 0 Å². The van der Waals surface area contributed by atoms with E-state index in [9.17, 15) is 5.11 Å². The van der Waals surface area contributed by atoms with E-state index in [2.05, 4.69) is 78.0 Å². The molecule has 0 spiro atoms. The van der Waals surface area contributed by atoms with Gasteiger partial charge in [0.15, 0.2) is 8.32 Å². The molecule has 5 rings (SSSR count). The maximum Gasteiger partial charge on any atom is 0.192 e. The van der Waals surface area contributed by atoms with E-state index in [0.29, 0.717) is 22.9 Å². The second kappa shape index (κ2) is 9.23. The Hall–Kier alpha value is -0.643. The van der Waals surface area contributed by atoms with Crippen LogP contribution >= 0.6 is 0 Å². The Morgan fingerprint density at radius 1 is 0.889 bits per heavy atom. The molecule has 1 N–H and O–H groups in total. The zero-order valence-corrected chi connectivity index (χ0v) is 25.4. The third kappa shape index (κ3) is 4.58. The third-order valence-electron chi connectivity index (χ3n) is 12.7. The van der Waals surface area contributed by atoms with Gasteiger partial charge in [-0.25, -0.2) is 0 Å². The molecule has 2 nitrogen and oxygen atoms in total. The van der Waals surface area contributed by atoms with Crippen molar-refractivity contribution in [1.82, 2.24) is 0 Å². The van der Waals surface area contributed by atoms with Crippen LogP contribution in [0, 0.1) is 34.5 Å². The molecule has 0 aliphatic heterocycles. The molecule has 0 bridgehead atoms. The molecule has 8 atom stereocenters. The van der Waals surface area contributed by atoms with E-state index in [0.717, 1.165) is 43.4 Å². The van der Waals surface area contributed by atoms with Gasteiger partial charge < -0.3 is 9.53 Å². The van der Waals surface area contributed by atoms with Crippen molar-refractivity contribution in [2.24, 2.45) is 34.5 Å². The molecule has 0 heterocycles. The fourth-order valence-electron chi connectivity index (χ4n) is 9.25. The van der Waals surface area contributed by atoms with Gasteiger partial charge in [-0.2, -0.15) is 0 Å². The summed E-state index contributed by atoms with van der Waals surface area (Å²) in [6.45, 7) is 17.3. The molecule has 202 valence electrons. The van der Waals surface area contributed by atoms with Gasteiger partial charge in [-0.15, -0.1) is 0 Å². The first-order chi connectivity index (χ1) is 16.8. The van der Waals surface area contributed by atoms with Crippen LogP contribution in [0.1, 0.15) is 104 Å². The van der Waals surface area contributed by atoms with Crippen molar-refractivity contribution in [2.45, 2.75) is 135 Å². The van der Waals surface area contributed by atoms with Gasteiger partial charge in [0, 0.05) is 0 Å². The fraction of sp³-hybridized carbons (Fsp3) is 0.818. The molecule has 0 unspecified atom stereocenters. The lowest BCUT2D eigenvalue weighted by atomic mass is 9.44. The first kappa shape index (κ1) is 26.9. The van der Waals surface area contributed by atoms with Crippen molar-refractivity contribution in [2.75, 3.05) is 0 Å². The maximum atomic E-state index is 11.7. The van der Waals surface area contributed by atoms with Gasteiger partial charge in [0.05, 0.1) is 11.7 Å². The van der Waals surface area contributed by atoms with Crippen LogP contribution in [0.15, 0.2) is 30.3 Å². The average Bonchev–Trinajstić information content (AvgIpc) is 3.14. The SMILES string of the molecule is CC(C)(C)[Si](C)(C)O[C@H]1CC[C@H]2[C@@H]3CC[C@H]4C[C@@](O)(CCc5ccccc5)CC[C@]4(C)[C@H]3CC[C@]12C. The summed E-state index contributed by atoms with van der Waals surface area (Å²) in [7, 11) is -1.76. The lowest BCUT2D eigenvalue weighted by molar-refractivity contribution is -0.155. The van der Waals surface area contributed by atoms with Crippen LogP contribution in [0.25, 0.3) is 0 Å². The van der Waals surface area contributed by atoms with Gasteiger partial charge in [0.25, 0.3) is 0 Å². The fourth-order valence-corrected chi connectivity index (χ4v) is 10.7. The minimum Gasteiger partial charge on any atom is -0.413 e. The van der Waals surface area contributed by atoms with Gasteiger partial charge in [-0.1, -0.05) is 65.0 Å². The van der Waals surface area contributed by atoms with Crippen molar-refractivity contribution in [3.63, 3.8) is 0 Å². The Bertz CT molecular complexity index is 921. The van der Waals surface area contributed by atoms with Crippen molar-refractivity contribution in [3.05, 3.63) is 35.9 Å². The highest BCUT2D eigenvalue weighted by Gasteiger charge is 2.62. The first-order valence-corrected chi connectivity index (χ1v) is 18.1. The first-order valence-electron chi connectivity index (χ1n) is 15.2. The number of hydrogen-bond donors (Lipinski definition) is 1. The van der Waals surface area contributed by atoms with Crippen molar-refractivity contribution < 1.29 is 9.53 Å². The Labute approximate surface area is 223 Å². The van der Waals surface area contributed by atoms with Crippen LogP contribution < -0.4 is 0 Å². The predicted octanol–water partition coefficient (Wildman–Crippen LogP) is 8.78. The van der Waals surface area contributed by atoms with Gasteiger partial charge in [0.2, 0.25) is 0 Å². The van der Waals surface area contributed by atoms with Gasteiger partial charge in [0.1, 0.15) is 0 Å². The van der Waals surface area contributed by atoms with Crippen molar-refractivity contribution in [3.8, 4) is 0 Å². The molecule has 36 heavy (non-hydrogen) atoms. The molecular weight excluding hydrogens is 456 g/mol. The molecule has 4 saturated carbocycles. The lowest BCUT2D eigenvalue weighted by Gasteiger charge is -2.62. The van der Waals surface area contributed by atoms with Crippen LogP contribution in [-0.4, -0.2) is 25.1 Å². The molecule has 0 saturated heterocycles. The number of hydrogen-bond acceptors (Lipinski definition) is 2. The van der Waals surface area contributed by atoms with Gasteiger partial charge in [-0.05, 0) is 129 Å². The summed E-state index contributed by atoms with van der Waals surface area (Å²) in [5.74, 6) is 3.24. The average molecular weight is 511 g/mol. The van der Waals surface area contributed by atoms with Crippen LogP contribution in [-0.2, 0) is 10.8 Å². The van der Waals surface area contributed by atoms with Crippen LogP contribution in [0.5, 0.6) is 0 Å². The normalized spacial score (nSPS) is 42.9. The highest BCUT2D eigenvalue weighted by atomic mass is 28.4. The quantitative estimate of drug-likeness (QED) is 0.401. The second-order valence-corrected chi connectivity index (χ2v) is 20.3. The molecule has 1 aromatic rings. The van der Waals surface area contributed by atoms with Crippen LogP contribution in [0.3, 0.4) is 0 Å². The topological polar surface area (TPSA) is 29.5 Å². The monoisotopic (exact) mass is 510 g/mol. The number of fused-ring (bicyclic) bond motifs is 5. The molecule has 4 aliphatic rings. The van der Waals surface area contributed by atoms with Crippen molar-refractivity contribution >= 4 is 8.32 Å². The van der Waals surface area contributed by atoms with Crippen LogP contribution in [0.2, 0.25) is 18.1 Å². The number of aliphatic hydroxyl groups is 1. The molecule has 1 aromatic carbocycles. The largest absolute Gasteiger partial charge is 0.413 e. The van der Waals surface area contributed by atoms with E-state index in [1.165, 1.54) is 50.5 Å². The standard InChI is InChI=1S/C33H54O2Si/c1-30(2,3)36(6,7)35-29-16-15-27-26-14-13-25-23-33(34,20-17-24-11-9-8-10-12-24)22-21-31(25,4)28(26)18-19-32(27,29)5/h8-12,25-29,34H,13-23H2,1-7H3/t25-,26-,27-,28-,29-,31-,32-,33+/m0/s1. The Morgan fingerprint density at radius 2 is 1.58 bits per heavy atom. The number of benzene rings is 1. The van der Waals surface area contributed by atoms with E-state index >= 15 is 0 Å². The Balaban J connectivity index is 1.27. The summed E-state index contributed by atoms with van der Waals surface area (Å²) < 4.78 is 7.14. The zero-order valence-electron chi connectivity index (χ0n) is 24.4. The van der Waals surface area contributed by atoms with E-state index < -0.39 is 13.9 Å². The Kier molecular flexibility index (Phi) is 6.91. The summed E-state index contributed by atoms with van der Waals surface area (Å²) in [4.78, 5) is 0. The highest BCUT2D eigenvalue weighted by molar-refractivity contribution is 6.74. The summed E-state index contributed by atoms with van der Waals surface area (Å²) in [5, 5.41) is 12.0. The molecule has 4 fully saturated rings. The summed E-state index contributed by atoms with van der Waals surface area (Å²) >= 11 is 0. The van der Waals surface area contributed by atoms with E-state index in [1.807, 2.05) is 0 Å². The molecule has 4 aliphatic carbocycles. The number of rotatable bonds is 5. The minimum atomic E-state index is -1.76.